The number of nitrogens with one attached hydrogen (secondary N) is 1. The van der Waals surface area contributed by atoms with E-state index < -0.39 is 0 Å². The molecule has 2 atom stereocenters. The van der Waals surface area contributed by atoms with Crippen LogP contribution in [0.1, 0.15) is 6.92 Å². The Hall–Kier alpha value is -0.220. The SMILES string of the molecule is CNC(=O)C(C)C1CSCC[N]1. The van der Waals surface area contributed by atoms with E-state index in [-0.39, 0.29) is 17.9 Å². The zero-order chi connectivity index (χ0) is 8.97. The van der Waals surface area contributed by atoms with Crippen molar-refractivity contribution in [1.29, 1.82) is 0 Å². The fraction of sp³-hybridized carbons (Fsp3) is 0.875. The van der Waals surface area contributed by atoms with E-state index in [0.29, 0.717) is 0 Å². The predicted octanol–water partition coefficient (Wildman–Crippen LogP) is 0.0883. The molecule has 3 nitrogen and oxygen atoms in total. The van der Waals surface area contributed by atoms with E-state index >= 15 is 0 Å². The average molecular weight is 187 g/mol. The van der Waals surface area contributed by atoms with Gasteiger partial charge in [-0.1, -0.05) is 6.92 Å². The molecule has 1 fully saturated rings. The predicted molar refractivity (Wildman–Crippen MR) is 51.3 cm³/mol. The van der Waals surface area contributed by atoms with Crippen LogP contribution in [0.15, 0.2) is 0 Å². The molecule has 1 aliphatic heterocycles. The van der Waals surface area contributed by atoms with Crippen molar-refractivity contribution in [2.75, 3.05) is 25.1 Å². The van der Waals surface area contributed by atoms with Crippen LogP contribution in [0.4, 0.5) is 0 Å². The van der Waals surface area contributed by atoms with Crippen LogP contribution in [0.5, 0.6) is 0 Å². The molecule has 0 aliphatic carbocycles. The molecule has 4 heteroatoms. The first-order chi connectivity index (χ1) is 5.75. The zero-order valence-corrected chi connectivity index (χ0v) is 8.36. The normalized spacial score (nSPS) is 26.3. The molecule has 0 aromatic heterocycles. The maximum atomic E-state index is 11.2. The number of amides is 1. The summed E-state index contributed by atoms with van der Waals surface area (Å²) in [5.41, 5.74) is 0. The van der Waals surface area contributed by atoms with E-state index in [2.05, 4.69) is 10.6 Å². The maximum absolute atomic E-state index is 11.2. The van der Waals surface area contributed by atoms with E-state index in [1.807, 2.05) is 18.7 Å². The second kappa shape index (κ2) is 4.72. The molecule has 1 rings (SSSR count). The van der Waals surface area contributed by atoms with Crippen molar-refractivity contribution in [3.63, 3.8) is 0 Å². The van der Waals surface area contributed by atoms with Crippen LogP contribution in [0.3, 0.4) is 0 Å². The largest absolute Gasteiger partial charge is 0.359 e. The molecule has 12 heavy (non-hydrogen) atoms. The van der Waals surface area contributed by atoms with Crippen LogP contribution in [0.25, 0.3) is 0 Å². The number of rotatable bonds is 2. The van der Waals surface area contributed by atoms with Gasteiger partial charge in [0.1, 0.15) is 0 Å². The van der Waals surface area contributed by atoms with Crippen LogP contribution in [0, 0.1) is 5.92 Å². The molecular weight excluding hydrogens is 172 g/mol. The molecule has 1 heterocycles. The van der Waals surface area contributed by atoms with Gasteiger partial charge in [0.2, 0.25) is 5.91 Å². The minimum absolute atomic E-state index is 0.0304. The second-order valence-corrected chi connectivity index (χ2v) is 4.10. The fourth-order valence-electron chi connectivity index (χ4n) is 1.24. The molecule has 0 saturated carbocycles. The van der Waals surface area contributed by atoms with E-state index in [9.17, 15) is 4.79 Å². The lowest BCUT2D eigenvalue weighted by molar-refractivity contribution is -0.124. The summed E-state index contributed by atoms with van der Waals surface area (Å²) in [6, 6.07) is 0.226. The van der Waals surface area contributed by atoms with Gasteiger partial charge in [0.05, 0.1) is 5.92 Å². The average Bonchev–Trinajstić information content (AvgIpc) is 2.17. The van der Waals surface area contributed by atoms with Crippen molar-refractivity contribution in [1.82, 2.24) is 10.6 Å². The summed E-state index contributed by atoms with van der Waals surface area (Å²) >= 11 is 1.89. The maximum Gasteiger partial charge on any atom is 0.224 e. The first-order valence-corrected chi connectivity index (χ1v) is 5.37. The third kappa shape index (κ3) is 2.38. The van der Waals surface area contributed by atoms with Gasteiger partial charge in [-0.05, 0) is 0 Å². The standard InChI is InChI=1S/C8H15N2OS/c1-6(8(11)9-2)7-5-12-4-3-10-7/h6-7H,3-5H2,1-2H3,(H,9,11). The van der Waals surface area contributed by atoms with Gasteiger partial charge in [-0.15, -0.1) is 0 Å². The highest BCUT2D eigenvalue weighted by atomic mass is 32.2. The molecule has 0 aromatic carbocycles. The van der Waals surface area contributed by atoms with Gasteiger partial charge in [0.15, 0.2) is 0 Å². The Morgan fingerprint density at radius 2 is 2.50 bits per heavy atom. The van der Waals surface area contributed by atoms with Crippen LogP contribution >= 0.6 is 11.8 Å². The number of hydrogen-bond acceptors (Lipinski definition) is 2. The summed E-state index contributed by atoms with van der Waals surface area (Å²) in [5.74, 6) is 2.24. The van der Waals surface area contributed by atoms with Crippen molar-refractivity contribution in [3.8, 4) is 0 Å². The van der Waals surface area contributed by atoms with Crippen molar-refractivity contribution in [2.24, 2.45) is 5.92 Å². The highest BCUT2D eigenvalue weighted by Gasteiger charge is 2.25. The van der Waals surface area contributed by atoms with Gasteiger partial charge in [0, 0.05) is 31.1 Å². The smallest absolute Gasteiger partial charge is 0.224 e. The number of hydrogen-bond donors (Lipinski definition) is 1. The summed E-state index contributed by atoms with van der Waals surface area (Å²) < 4.78 is 0. The second-order valence-electron chi connectivity index (χ2n) is 2.95. The van der Waals surface area contributed by atoms with Crippen molar-refractivity contribution < 1.29 is 4.79 Å². The van der Waals surface area contributed by atoms with Gasteiger partial charge in [-0.3, -0.25) is 4.79 Å². The Kier molecular flexibility index (Phi) is 3.88. The van der Waals surface area contributed by atoms with Gasteiger partial charge < -0.3 is 5.32 Å². The Balaban J connectivity index is 2.39. The van der Waals surface area contributed by atoms with E-state index in [0.717, 1.165) is 18.1 Å². The lowest BCUT2D eigenvalue weighted by Crippen LogP contribution is -2.43. The molecule has 1 saturated heterocycles. The van der Waals surface area contributed by atoms with Crippen LogP contribution in [0.2, 0.25) is 0 Å². The Morgan fingerprint density at radius 3 is 3.00 bits per heavy atom. The van der Waals surface area contributed by atoms with Crippen LogP contribution < -0.4 is 10.6 Å². The van der Waals surface area contributed by atoms with E-state index in [1.165, 1.54) is 0 Å². The van der Waals surface area contributed by atoms with Crippen molar-refractivity contribution in [3.05, 3.63) is 0 Å². The Morgan fingerprint density at radius 1 is 1.75 bits per heavy atom. The van der Waals surface area contributed by atoms with Gasteiger partial charge in [-0.25, -0.2) is 5.32 Å². The molecular formula is C8H15N2OS. The zero-order valence-electron chi connectivity index (χ0n) is 7.54. The van der Waals surface area contributed by atoms with Gasteiger partial charge >= 0.3 is 0 Å². The topological polar surface area (TPSA) is 43.2 Å². The molecule has 0 bridgehead atoms. The lowest BCUT2D eigenvalue weighted by atomic mass is 10.0. The third-order valence-corrected chi connectivity index (χ3v) is 3.17. The summed E-state index contributed by atoms with van der Waals surface area (Å²) in [6.07, 6.45) is 0. The van der Waals surface area contributed by atoms with E-state index in [1.54, 1.807) is 7.05 Å². The Labute approximate surface area is 77.7 Å². The molecule has 0 spiro atoms. The summed E-state index contributed by atoms with van der Waals surface area (Å²) in [6.45, 7) is 2.84. The third-order valence-electron chi connectivity index (χ3n) is 2.12. The van der Waals surface area contributed by atoms with Crippen molar-refractivity contribution in [2.45, 2.75) is 13.0 Å². The first-order valence-electron chi connectivity index (χ1n) is 4.21. The van der Waals surface area contributed by atoms with Crippen molar-refractivity contribution >= 4 is 17.7 Å². The lowest BCUT2D eigenvalue weighted by Gasteiger charge is -2.25. The molecule has 1 aliphatic rings. The minimum atomic E-state index is 0.0304. The molecule has 1 radical (unpaired) electrons. The van der Waals surface area contributed by atoms with Gasteiger partial charge in [-0.2, -0.15) is 11.8 Å². The molecule has 2 unspecified atom stereocenters. The quantitative estimate of drug-likeness (QED) is 0.665. The molecule has 1 N–H and O–H groups in total. The van der Waals surface area contributed by atoms with Gasteiger partial charge in [0.25, 0.3) is 0 Å². The Bertz CT molecular complexity index is 157. The number of carbonyl (C=O) groups is 1. The molecule has 69 valence electrons. The fourth-order valence-corrected chi connectivity index (χ4v) is 2.28. The number of nitrogens with zero attached hydrogens (tertiary/aromatic N) is 1. The summed E-state index contributed by atoms with van der Waals surface area (Å²) in [5, 5.41) is 7.07. The monoisotopic (exact) mass is 187 g/mol. The highest BCUT2D eigenvalue weighted by molar-refractivity contribution is 7.99. The van der Waals surface area contributed by atoms with Crippen LogP contribution in [-0.4, -0.2) is 37.0 Å². The first kappa shape index (κ1) is 9.86. The molecule has 0 aromatic rings. The summed E-state index contributed by atoms with van der Waals surface area (Å²) in [7, 11) is 1.68. The van der Waals surface area contributed by atoms with E-state index in [4.69, 9.17) is 0 Å². The summed E-state index contributed by atoms with van der Waals surface area (Å²) in [4.78, 5) is 11.2. The number of carbonyl (C=O) groups excluding carboxylic acids is 1. The van der Waals surface area contributed by atoms with Crippen LogP contribution in [-0.2, 0) is 4.79 Å². The minimum Gasteiger partial charge on any atom is -0.359 e. The number of thioether (sulfide) groups is 1. The molecule has 1 amide bonds. The highest BCUT2D eigenvalue weighted by Crippen LogP contribution is 2.15.